The number of hydrogen-bond acceptors (Lipinski definition) is 6. The summed E-state index contributed by atoms with van der Waals surface area (Å²) in [6, 6.07) is 9.12. The van der Waals surface area contributed by atoms with Crippen LogP contribution in [0, 0.1) is 19.8 Å². The number of carbonyl (C=O) groups is 1. The van der Waals surface area contributed by atoms with E-state index in [2.05, 4.69) is 20.4 Å². The lowest BCUT2D eigenvalue weighted by Crippen LogP contribution is -2.15. The maximum absolute atomic E-state index is 12.0. The first-order valence-electron chi connectivity index (χ1n) is 8.66. The number of benzene rings is 1. The lowest BCUT2D eigenvalue weighted by molar-refractivity contribution is 0.0514. The van der Waals surface area contributed by atoms with Crippen LogP contribution in [0.5, 0.6) is 0 Å². The lowest BCUT2D eigenvalue weighted by Gasteiger charge is -2.15. The first kappa shape index (κ1) is 17.8. The van der Waals surface area contributed by atoms with Crippen molar-refractivity contribution in [3.05, 3.63) is 53.0 Å². The number of oxime groups is 1. The van der Waals surface area contributed by atoms with Gasteiger partial charge in [0, 0.05) is 23.7 Å². The Morgan fingerprint density at radius 3 is 2.58 bits per heavy atom. The van der Waals surface area contributed by atoms with Gasteiger partial charge in [0.2, 0.25) is 0 Å². The average molecular weight is 353 g/mol. The van der Waals surface area contributed by atoms with Crippen molar-refractivity contribution in [3.8, 4) is 0 Å². The zero-order chi connectivity index (χ0) is 18.7. The molecule has 0 saturated heterocycles. The number of nitrogens with one attached hydrogen (secondary N) is 1. The smallest absolute Gasteiger partial charge is 0.365 e. The van der Waals surface area contributed by atoms with E-state index in [1.807, 2.05) is 39.0 Å². The van der Waals surface area contributed by atoms with Crippen molar-refractivity contribution in [1.29, 1.82) is 0 Å². The molecule has 0 unspecified atom stereocenters. The highest BCUT2D eigenvalue weighted by Gasteiger charge is 2.26. The highest BCUT2D eigenvalue weighted by molar-refractivity contribution is 5.91. The van der Waals surface area contributed by atoms with E-state index < -0.39 is 5.97 Å². The van der Waals surface area contributed by atoms with Gasteiger partial charge in [-0.15, -0.1) is 0 Å². The van der Waals surface area contributed by atoms with E-state index in [9.17, 15) is 4.79 Å². The molecule has 1 heterocycles. The molecule has 3 rings (SSSR count). The molecule has 7 heteroatoms. The van der Waals surface area contributed by atoms with Crippen molar-refractivity contribution in [1.82, 2.24) is 9.97 Å². The summed E-state index contributed by atoms with van der Waals surface area (Å²) in [7, 11) is 0. The molecule has 0 spiro atoms. The molecule has 2 aromatic rings. The van der Waals surface area contributed by atoms with Gasteiger partial charge in [0.15, 0.2) is 0 Å². The first-order valence-corrected chi connectivity index (χ1v) is 8.66. The van der Waals surface area contributed by atoms with E-state index in [0.29, 0.717) is 11.4 Å². The number of anilines is 1. The van der Waals surface area contributed by atoms with Gasteiger partial charge in [0.05, 0.1) is 5.56 Å². The molecule has 0 bridgehead atoms. The summed E-state index contributed by atoms with van der Waals surface area (Å²) in [4.78, 5) is 25.6. The maximum Gasteiger partial charge on any atom is 0.365 e. The molecule has 26 heavy (non-hydrogen) atoms. The number of rotatable bonds is 6. The van der Waals surface area contributed by atoms with E-state index in [1.54, 1.807) is 12.1 Å². The largest absolute Gasteiger partial charge is 0.384 e. The van der Waals surface area contributed by atoms with Gasteiger partial charge in [-0.1, -0.05) is 17.3 Å². The number of hydrogen-bond donors (Lipinski definition) is 2. The Hall–Kier alpha value is -2.96. The Balaban J connectivity index is 1.62. The standard InChI is InChI=1S/C19H23N5O2/c1-11-10-17(23-13(3)21-11)22-12(2)14-4-8-16(9-5-14)19(25)26-24-18(20)15-6-7-15/h4-5,8-10,12,15H,6-7H2,1-3H3,(H2,20,24)(H,21,22,23)/t12-/m0/s1. The molecular formula is C19H23N5O2. The van der Waals surface area contributed by atoms with Crippen molar-refractivity contribution < 1.29 is 9.63 Å². The molecule has 1 fully saturated rings. The molecule has 3 N–H and O–H groups in total. The van der Waals surface area contributed by atoms with Crippen LogP contribution in [0.2, 0.25) is 0 Å². The van der Waals surface area contributed by atoms with E-state index in [4.69, 9.17) is 10.6 Å². The van der Waals surface area contributed by atoms with Crippen LogP contribution < -0.4 is 11.1 Å². The summed E-state index contributed by atoms with van der Waals surface area (Å²) >= 11 is 0. The van der Waals surface area contributed by atoms with Crippen molar-refractivity contribution in [2.24, 2.45) is 16.8 Å². The van der Waals surface area contributed by atoms with E-state index in [0.717, 1.165) is 35.7 Å². The third-order valence-electron chi connectivity index (χ3n) is 4.21. The van der Waals surface area contributed by atoms with Gasteiger partial charge < -0.3 is 15.9 Å². The van der Waals surface area contributed by atoms with Crippen molar-refractivity contribution >= 4 is 17.6 Å². The van der Waals surface area contributed by atoms with Gasteiger partial charge in [0.1, 0.15) is 17.5 Å². The third kappa shape index (κ3) is 4.56. The molecule has 1 aromatic carbocycles. The summed E-state index contributed by atoms with van der Waals surface area (Å²) in [5.41, 5.74) is 8.09. The second-order valence-electron chi connectivity index (χ2n) is 6.60. The predicted molar refractivity (Wildman–Crippen MR) is 99.7 cm³/mol. The third-order valence-corrected chi connectivity index (χ3v) is 4.21. The summed E-state index contributed by atoms with van der Waals surface area (Å²) in [5.74, 6) is 1.65. The minimum absolute atomic E-state index is 0.0253. The minimum atomic E-state index is -0.511. The van der Waals surface area contributed by atoms with Crippen LogP contribution >= 0.6 is 0 Å². The molecule has 0 radical (unpaired) electrons. The summed E-state index contributed by atoms with van der Waals surface area (Å²) in [6.45, 7) is 5.83. The Labute approximate surface area is 152 Å². The van der Waals surface area contributed by atoms with Crippen LogP contribution in [0.25, 0.3) is 0 Å². The quantitative estimate of drug-likeness (QED) is 0.358. The Kier molecular flexibility index (Phi) is 5.16. The summed E-state index contributed by atoms with van der Waals surface area (Å²) < 4.78 is 0. The fourth-order valence-corrected chi connectivity index (χ4v) is 2.60. The SMILES string of the molecule is Cc1cc(N[C@@H](C)c2ccc(C(=O)O/N=C(\N)C3CC3)cc2)nc(C)n1. The molecule has 0 amide bonds. The average Bonchev–Trinajstić information content (AvgIpc) is 3.43. The van der Waals surface area contributed by atoms with Crippen LogP contribution in [-0.2, 0) is 4.84 Å². The number of aromatic nitrogens is 2. The van der Waals surface area contributed by atoms with E-state index in [1.165, 1.54) is 0 Å². The van der Waals surface area contributed by atoms with Crippen molar-refractivity contribution in [2.45, 2.75) is 39.7 Å². The Bertz CT molecular complexity index is 808. The van der Waals surface area contributed by atoms with Gasteiger partial charge in [-0.2, -0.15) is 0 Å². The number of amidine groups is 1. The fraction of sp³-hybridized carbons (Fsp3) is 0.368. The molecule has 7 nitrogen and oxygen atoms in total. The maximum atomic E-state index is 12.0. The monoisotopic (exact) mass is 353 g/mol. The number of carbonyl (C=O) groups excluding carboxylic acids is 1. The molecule has 0 aliphatic heterocycles. The van der Waals surface area contributed by atoms with Crippen LogP contribution in [-0.4, -0.2) is 21.8 Å². The Morgan fingerprint density at radius 2 is 1.96 bits per heavy atom. The normalized spacial score (nSPS) is 15.4. The van der Waals surface area contributed by atoms with Gasteiger partial charge >= 0.3 is 5.97 Å². The molecule has 1 aromatic heterocycles. The minimum Gasteiger partial charge on any atom is -0.384 e. The summed E-state index contributed by atoms with van der Waals surface area (Å²) in [6.07, 6.45) is 2.02. The van der Waals surface area contributed by atoms with Gasteiger partial charge in [-0.3, -0.25) is 0 Å². The van der Waals surface area contributed by atoms with E-state index in [-0.39, 0.29) is 12.0 Å². The Morgan fingerprint density at radius 1 is 1.27 bits per heavy atom. The highest BCUT2D eigenvalue weighted by Crippen LogP contribution is 2.28. The zero-order valence-corrected chi connectivity index (χ0v) is 15.2. The van der Waals surface area contributed by atoms with Crippen LogP contribution in [0.4, 0.5) is 5.82 Å². The molecule has 1 aliphatic rings. The number of nitrogens with two attached hydrogens (primary N) is 1. The predicted octanol–water partition coefficient (Wildman–Crippen LogP) is 3.11. The van der Waals surface area contributed by atoms with Crippen LogP contribution in [0.15, 0.2) is 35.5 Å². The second-order valence-corrected chi connectivity index (χ2v) is 6.60. The van der Waals surface area contributed by atoms with E-state index >= 15 is 0 Å². The van der Waals surface area contributed by atoms with Gasteiger partial charge in [-0.25, -0.2) is 14.8 Å². The van der Waals surface area contributed by atoms with Crippen molar-refractivity contribution in [2.75, 3.05) is 5.32 Å². The van der Waals surface area contributed by atoms with Crippen LogP contribution in [0.1, 0.15) is 53.2 Å². The molecule has 1 saturated carbocycles. The van der Waals surface area contributed by atoms with Gasteiger partial charge in [-0.05, 0) is 51.3 Å². The number of nitrogens with zero attached hydrogens (tertiary/aromatic N) is 3. The zero-order valence-electron chi connectivity index (χ0n) is 15.2. The van der Waals surface area contributed by atoms with Gasteiger partial charge in [0.25, 0.3) is 0 Å². The molecule has 1 aliphatic carbocycles. The molecular weight excluding hydrogens is 330 g/mol. The second kappa shape index (κ2) is 7.51. The first-order chi connectivity index (χ1) is 12.4. The summed E-state index contributed by atoms with van der Waals surface area (Å²) in [5, 5.41) is 7.05. The lowest BCUT2D eigenvalue weighted by atomic mass is 10.1. The van der Waals surface area contributed by atoms with Crippen LogP contribution in [0.3, 0.4) is 0 Å². The topological polar surface area (TPSA) is 102 Å². The fourth-order valence-electron chi connectivity index (χ4n) is 2.60. The molecule has 1 atom stereocenters. The highest BCUT2D eigenvalue weighted by atomic mass is 16.7. The number of aryl methyl sites for hydroxylation is 2. The molecule has 136 valence electrons. The van der Waals surface area contributed by atoms with Crippen molar-refractivity contribution in [3.63, 3.8) is 0 Å².